The van der Waals surface area contributed by atoms with Crippen molar-refractivity contribution in [2.75, 3.05) is 31.5 Å². The van der Waals surface area contributed by atoms with Crippen molar-refractivity contribution in [3.05, 3.63) is 70.4 Å². The molecule has 2 aromatic carbocycles. The smallest absolute Gasteiger partial charge is 0.321 e. The average molecular weight is 423 g/mol. The average Bonchev–Trinajstić information content (AvgIpc) is 2.80. The first kappa shape index (κ1) is 20.5. The molecule has 0 unspecified atom stereocenters. The van der Waals surface area contributed by atoms with Crippen molar-refractivity contribution < 1.29 is 14.0 Å². The largest absolute Gasteiger partial charge is 0.334 e. The molecule has 0 radical (unpaired) electrons. The Bertz CT molecular complexity index is 1180. The van der Waals surface area contributed by atoms with Crippen molar-refractivity contribution in [3.8, 4) is 0 Å². The Kier molecular flexibility index (Phi) is 5.66. The van der Waals surface area contributed by atoms with E-state index in [2.05, 4.69) is 10.4 Å². The Morgan fingerprint density at radius 2 is 1.58 bits per heavy atom. The first-order valence-electron chi connectivity index (χ1n) is 10.1. The summed E-state index contributed by atoms with van der Waals surface area (Å²) in [6, 6.07) is 12.2. The van der Waals surface area contributed by atoms with E-state index in [1.54, 1.807) is 41.0 Å². The van der Waals surface area contributed by atoms with Crippen LogP contribution >= 0.6 is 0 Å². The van der Waals surface area contributed by atoms with E-state index in [1.165, 1.54) is 28.9 Å². The summed E-state index contributed by atoms with van der Waals surface area (Å²) in [6.07, 6.45) is 0. The zero-order valence-corrected chi connectivity index (χ0v) is 17.0. The van der Waals surface area contributed by atoms with E-state index in [0.717, 1.165) is 0 Å². The Balaban J connectivity index is 1.47. The molecule has 0 atom stereocenters. The van der Waals surface area contributed by atoms with Crippen LogP contribution in [0.25, 0.3) is 10.8 Å². The molecule has 160 valence electrons. The summed E-state index contributed by atoms with van der Waals surface area (Å²) in [7, 11) is 0. The molecule has 3 aromatic rings. The van der Waals surface area contributed by atoms with E-state index in [9.17, 15) is 18.8 Å². The number of hydrogen-bond acceptors (Lipinski definition) is 4. The van der Waals surface area contributed by atoms with Crippen molar-refractivity contribution >= 4 is 28.4 Å². The Hall–Kier alpha value is -3.75. The van der Waals surface area contributed by atoms with Gasteiger partial charge in [0.05, 0.1) is 5.39 Å². The Labute approximate surface area is 177 Å². The number of anilines is 1. The molecular formula is C22H22FN5O3. The zero-order chi connectivity index (χ0) is 22.0. The molecule has 8 nitrogen and oxygen atoms in total. The quantitative estimate of drug-likeness (QED) is 0.701. The molecule has 2 heterocycles. The number of hydrogen-bond donors (Lipinski definition) is 1. The van der Waals surface area contributed by atoms with Crippen LogP contribution in [0.15, 0.2) is 53.3 Å². The number of halogens is 1. The van der Waals surface area contributed by atoms with Gasteiger partial charge in [-0.1, -0.05) is 18.2 Å². The maximum Gasteiger partial charge on any atom is 0.321 e. The number of fused-ring (bicyclic) bond motifs is 1. The van der Waals surface area contributed by atoms with Crippen LogP contribution in [0.5, 0.6) is 0 Å². The summed E-state index contributed by atoms with van der Waals surface area (Å²) in [5.41, 5.74) is 0.514. The van der Waals surface area contributed by atoms with Crippen LogP contribution in [0.3, 0.4) is 0 Å². The maximum absolute atomic E-state index is 13.2. The molecule has 1 aliphatic heterocycles. The lowest BCUT2D eigenvalue weighted by Crippen LogP contribution is -2.52. The number of aromatic nitrogens is 2. The summed E-state index contributed by atoms with van der Waals surface area (Å²) >= 11 is 0. The van der Waals surface area contributed by atoms with Gasteiger partial charge < -0.3 is 15.1 Å². The molecule has 0 aliphatic carbocycles. The highest BCUT2D eigenvalue weighted by molar-refractivity contribution is 6.04. The summed E-state index contributed by atoms with van der Waals surface area (Å²) in [6.45, 7) is 3.55. The summed E-state index contributed by atoms with van der Waals surface area (Å²) in [4.78, 5) is 41.4. The second kappa shape index (κ2) is 8.55. The van der Waals surface area contributed by atoms with Gasteiger partial charge in [-0.2, -0.15) is 5.10 Å². The maximum atomic E-state index is 13.2. The Morgan fingerprint density at radius 3 is 2.23 bits per heavy atom. The molecule has 1 saturated heterocycles. The third-order valence-electron chi connectivity index (χ3n) is 5.32. The number of benzene rings is 2. The lowest BCUT2D eigenvalue weighted by atomic mass is 10.1. The minimum atomic E-state index is -0.374. The summed E-state index contributed by atoms with van der Waals surface area (Å²) in [5, 5.41) is 8.01. The van der Waals surface area contributed by atoms with Gasteiger partial charge in [0.2, 0.25) is 0 Å². The predicted octanol–water partition coefficient (Wildman–Crippen LogP) is 2.55. The number of urea groups is 1. The monoisotopic (exact) mass is 423 g/mol. The van der Waals surface area contributed by atoms with Gasteiger partial charge in [-0.15, -0.1) is 0 Å². The fourth-order valence-corrected chi connectivity index (χ4v) is 3.61. The molecular weight excluding hydrogens is 401 g/mol. The van der Waals surface area contributed by atoms with Gasteiger partial charge in [-0.25, -0.2) is 13.9 Å². The van der Waals surface area contributed by atoms with Crippen LogP contribution in [0.1, 0.15) is 17.4 Å². The van der Waals surface area contributed by atoms with Crippen molar-refractivity contribution in [1.82, 2.24) is 19.6 Å². The van der Waals surface area contributed by atoms with Crippen LogP contribution in [0.2, 0.25) is 0 Å². The van der Waals surface area contributed by atoms with Gasteiger partial charge in [0.1, 0.15) is 5.82 Å². The van der Waals surface area contributed by atoms with Crippen molar-refractivity contribution in [1.29, 1.82) is 0 Å². The number of carbonyl (C=O) groups excluding carboxylic acids is 2. The SMILES string of the molecule is CCn1nc(C(=O)N2CCN(C(=O)Nc3ccc(F)cc3)CC2)c2ccccc2c1=O. The standard InChI is InChI=1S/C22H22FN5O3/c1-2-28-20(29)18-6-4-3-5-17(18)19(25-28)21(30)26-11-13-27(14-12-26)22(31)24-16-9-7-15(23)8-10-16/h3-10H,2,11-14H2,1H3,(H,24,31). The van der Waals surface area contributed by atoms with Gasteiger partial charge in [0.15, 0.2) is 5.69 Å². The molecule has 1 aromatic heterocycles. The van der Waals surface area contributed by atoms with Crippen molar-refractivity contribution in [2.24, 2.45) is 0 Å². The lowest BCUT2D eigenvalue weighted by Gasteiger charge is -2.34. The minimum absolute atomic E-state index is 0.225. The third kappa shape index (κ3) is 4.11. The summed E-state index contributed by atoms with van der Waals surface area (Å²) in [5.74, 6) is -0.641. The van der Waals surface area contributed by atoms with Gasteiger partial charge >= 0.3 is 6.03 Å². The van der Waals surface area contributed by atoms with Gasteiger partial charge in [0.25, 0.3) is 11.5 Å². The first-order valence-corrected chi connectivity index (χ1v) is 10.1. The van der Waals surface area contributed by atoms with Crippen molar-refractivity contribution in [2.45, 2.75) is 13.5 Å². The highest BCUT2D eigenvalue weighted by Crippen LogP contribution is 2.17. The molecule has 4 rings (SSSR count). The molecule has 1 N–H and O–H groups in total. The van der Waals surface area contributed by atoms with Gasteiger partial charge in [-0.05, 0) is 37.3 Å². The predicted molar refractivity (Wildman–Crippen MR) is 115 cm³/mol. The number of amides is 3. The third-order valence-corrected chi connectivity index (χ3v) is 5.32. The van der Waals surface area contributed by atoms with Crippen LogP contribution < -0.4 is 10.9 Å². The molecule has 0 bridgehead atoms. The van der Waals surface area contributed by atoms with E-state index in [-0.39, 0.29) is 29.0 Å². The van der Waals surface area contributed by atoms with Crippen molar-refractivity contribution in [3.63, 3.8) is 0 Å². The van der Waals surface area contributed by atoms with Crippen LogP contribution in [0.4, 0.5) is 14.9 Å². The second-order valence-electron chi connectivity index (χ2n) is 7.23. The number of rotatable bonds is 3. The normalized spacial score (nSPS) is 14.0. The molecule has 3 amide bonds. The number of piperazine rings is 1. The number of nitrogens with zero attached hydrogens (tertiary/aromatic N) is 4. The lowest BCUT2D eigenvalue weighted by molar-refractivity contribution is 0.0665. The number of nitrogens with one attached hydrogen (secondary N) is 1. The van der Waals surface area contributed by atoms with E-state index in [0.29, 0.717) is 49.2 Å². The van der Waals surface area contributed by atoms with Gasteiger partial charge in [0, 0.05) is 43.8 Å². The van der Waals surface area contributed by atoms with Crippen LogP contribution in [-0.4, -0.2) is 57.7 Å². The summed E-state index contributed by atoms with van der Waals surface area (Å²) < 4.78 is 14.3. The fraction of sp³-hybridized carbons (Fsp3) is 0.273. The van der Waals surface area contributed by atoms with E-state index in [1.807, 2.05) is 0 Å². The molecule has 1 fully saturated rings. The second-order valence-corrected chi connectivity index (χ2v) is 7.23. The highest BCUT2D eigenvalue weighted by Gasteiger charge is 2.27. The van der Waals surface area contributed by atoms with Crippen LogP contribution in [-0.2, 0) is 6.54 Å². The number of aryl methyl sites for hydroxylation is 1. The molecule has 1 aliphatic rings. The number of carbonyl (C=O) groups is 2. The van der Waals surface area contributed by atoms with E-state index >= 15 is 0 Å². The fourth-order valence-electron chi connectivity index (χ4n) is 3.61. The molecule has 0 saturated carbocycles. The van der Waals surface area contributed by atoms with E-state index in [4.69, 9.17) is 0 Å². The first-order chi connectivity index (χ1) is 15.0. The minimum Gasteiger partial charge on any atom is -0.334 e. The zero-order valence-electron chi connectivity index (χ0n) is 17.0. The highest BCUT2D eigenvalue weighted by atomic mass is 19.1. The Morgan fingerprint density at radius 1 is 0.968 bits per heavy atom. The molecule has 9 heteroatoms. The van der Waals surface area contributed by atoms with E-state index < -0.39 is 0 Å². The molecule has 31 heavy (non-hydrogen) atoms. The van der Waals surface area contributed by atoms with Crippen LogP contribution in [0, 0.1) is 5.82 Å². The van der Waals surface area contributed by atoms with Gasteiger partial charge in [-0.3, -0.25) is 9.59 Å². The molecule has 0 spiro atoms. The topological polar surface area (TPSA) is 87.5 Å².